The molecule has 2 unspecified atom stereocenters. The van der Waals surface area contributed by atoms with E-state index in [9.17, 15) is 4.79 Å². The molecule has 1 aliphatic rings. The van der Waals surface area contributed by atoms with Crippen LogP contribution in [0.2, 0.25) is 0 Å². The molecule has 2 atom stereocenters. The molecule has 0 bridgehead atoms. The molecule has 1 aromatic rings. The van der Waals surface area contributed by atoms with Gasteiger partial charge in [0.2, 0.25) is 5.91 Å². The Morgan fingerprint density at radius 3 is 2.91 bits per heavy atom. The van der Waals surface area contributed by atoms with Crippen LogP contribution in [0.5, 0.6) is 0 Å². The second-order valence-electron chi connectivity index (χ2n) is 6.50. The van der Waals surface area contributed by atoms with Crippen LogP contribution < -0.4 is 10.6 Å². The molecular weight excluding hydrogens is 308 g/mol. The van der Waals surface area contributed by atoms with E-state index < -0.39 is 0 Å². The number of nitrogens with one attached hydrogen (secondary N) is 2. The lowest BCUT2D eigenvalue weighted by Gasteiger charge is -2.29. The number of hydrogen-bond donors (Lipinski definition) is 2. The summed E-state index contributed by atoms with van der Waals surface area (Å²) in [5, 5.41) is 8.94. The first-order valence-corrected chi connectivity index (χ1v) is 9.20. The van der Waals surface area contributed by atoms with E-state index in [2.05, 4.69) is 34.0 Å². The van der Waals surface area contributed by atoms with Crippen molar-refractivity contribution in [3.05, 3.63) is 22.4 Å². The summed E-state index contributed by atoms with van der Waals surface area (Å²) in [5.41, 5.74) is 0. The summed E-state index contributed by atoms with van der Waals surface area (Å²) in [6.45, 7) is 3.22. The number of aliphatic imine (C=N–C) groups is 1. The Morgan fingerprint density at radius 2 is 2.26 bits per heavy atom. The third-order valence-corrected chi connectivity index (χ3v) is 5.04. The van der Waals surface area contributed by atoms with Gasteiger partial charge < -0.3 is 15.5 Å². The maximum Gasteiger partial charge on any atom is 0.243 e. The van der Waals surface area contributed by atoms with Gasteiger partial charge in [-0.2, -0.15) is 0 Å². The van der Waals surface area contributed by atoms with Gasteiger partial charge in [0.15, 0.2) is 5.96 Å². The molecular formula is C17H28N4OS. The molecule has 0 spiro atoms. The lowest BCUT2D eigenvalue weighted by atomic mass is 9.87. The van der Waals surface area contributed by atoms with Crippen molar-refractivity contribution in [3.8, 4) is 0 Å². The zero-order chi connectivity index (χ0) is 16.7. The highest BCUT2D eigenvalue weighted by atomic mass is 32.1. The van der Waals surface area contributed by atoms with E-state index in [0.29, 0.717) is 6.04 Å². The van der Waals surface area contributed by atoms with E-state index in [0.717, 1.165) is 18.4 Å². The highest BCUT2D eigenvalue weighted by molar-refractivity contribution is 7.09. The van der Waals surface area contributed by atoms with Crippen LogP contribution >= 0.6 is 11.3 Å². The maximum absolute atomic E-state index is 11.8. The Kier molecular flexibility index (Phi) is 6.89. The number of amides is 1. The highest BCUT2D eigenvalue weighted by Gasteiger charge is 2.19. The van der Waals surface area contributed by atoms with E-state index >= 15 is 0 Å². The van der Waals surface area contributed by atoms with Crippen molar-refractivity contribution in [2.75, 3.05) is 20.6 Å². The van der Waals surface area contributed by atoms with Crippen molar-refractivity contribution >= 4 is 23.2 Å². The molecule has 1 aromatic heterocycles. The molecule has 0 saturated heterocycles. The molecule has 0 aliphatic heterocycles. The molecule has 2 rings (SSSR count). The van der Waals surface area contributed by atoms with Crippen molar-refractivity contribution in [3.63, 3.8) is 0 Å². The SMILES string of the molecule is CC1CCCC(NC(=NCC(=O)N(C)C)NCc2cccs2)C1. The molecule has 1 saturated carbocycles. The number of thiophene rings is 1. The van der Waals surface area contributed by atoms with Crippen molar-refractivity contribution in [2.45, 2.75) is 45.2 Å². The van der Waals surface area contributed by atoms with Gasteiger partial charge >= 0.3 is 0 Å². The van der Waals surface area contributed by atoms with E-state index in [1.165, 1.54) is 30.6 Å². The fourth-order valence-electron chi connectivity index (χ4n) is 2.78. The summed E-state index contributed by atoms with van der Waals surface area (Å²) in [5.74, 6) is 1.51. The Balaban J connectivity index is 1.94. The summed E-state index contributed by atoms with van der Waals surface area (Å²) in [4.78, 5) is 19.1. The van der Waals surface area contributed by atoms with E-state index in [4.69, 9.17) is 0 Å². The molecule has 6 heteroatoms. The number of hydrogen-bond acceptors (Lipinski definition) is 3. The molecule has 0 radical (unpaired) electrons. The quantitative estimate of drug-likeness (QED) is 0.641. The van der Waals surface area contributed by atoms with Crippen molar-refractivity contribution < 1.29 is 4.79 Å². The standard InChI is InChI=1S/C17H28N4OS/c1-13-6-4-7-14(10-13)20-17(19-12-16(22)21(2)3)18-11-15-8-5-9-23-15/h5,8-9,13-14H,4,6-7,10-12H2,1-3H3,(H2,18,19,20). The van der Waals surface area contributed by atoms with E-state index in [-0.39, 0.29) is 12.5 Å². The third kappa shape index (κ3) is 6.22. The second kappa shape index (κ2) is 8.91. The summed E-state index contributed by atoms with van der Waals surface area (Å²) < 4.78 is 0. The molecule has 1 heterocycles. The normalized spacial score (nSPS) is 21.8. The summed E-state index contributed by atoms with van der Waals surface area (Å²) in [6.07, 6.45) is 4.91. The number of rotatable bonds is 5. The highest BCUT2D eigenvalue weighted by Crippen LogP contribution is 2.23. The largest absolute Gasteiger partial charge is 0.354 e. The fourth-order valence-corrected chi connectivity index (χ4v) is 3.43. The Morgan fingerprint density at radius 1 is 1.43 bits per heavy atom. The van der Waals surface area contributed by atoms with Crippen molar-refractivity contribution in [2.24, 2.45) is 10.9 Å². The average Bonchev–Trinajstić information content (AvgIpc) is 3.03. The number of carbonyl (C=O) groups is 1. The lowest BCUT2D eigenvalue weighted by Crippen LogP contribution is -2.45. The predicted molar refractivity (Wildman–Crippen MR) is 96.7 cm³/mol. The van der Waals surface area contributed by atoms with Crippen LogP contribution in [0.25, 0.3) is 0 Å². The van der Waals surface area contributed by atoms with E-state index in [1.54, 1.807) is 30.3 Å². The summed E-state index contributed by atoms with van der Waals surface area (Å²) >= 11 is 1.72. The number of carbonyl (C=O) groups excluding carboxylic acids is 1. The number of guanidine groups is 1. The Hall–Kier alpha value is -1.56. The third-order valence-electron chi connectivity index (χ3n) is 4.16. The molecule has 1 amide bonds. The first kappa shape index (κ1) is 17.8. The van der Waals surface area contributed by atoms with Gasteiger partial charge in [0.25, 0.3) is 0 Å². The molecule has 1 fully saturated rings. The molecule has 2 N–H and O–H groups in total. The van der Waals surface area contributed by atoms with E-state index in [1.807, 2.05) is 6.07 Å². The minimum Gasteiger partial charge on any atom is -0.354 e. The Bertz CT molecular complexity index is 513. The summed E-state index contributed by atoms with van der Waals surface area (Å²) in [7, 11) is 3.51. The monoisotopic (exact) mass is 336 g/mol. The van der Waals surface area contributed by atoms with Gasteiger partial charge in [-0.25, -0.2) is 4.99 Å². The minimum absolute atomic E-state index is 0.0132. The summed E-state index contributed by atoms with van der Waals surface area (Å²) in [6, 6.07) is 4.59. The fraction of sp³-hybridized carbons (Fsp3) is 0.647. The van der Waals surface area contributed by atoms with Crippen LogP contribution in [0.15, 0.2) is 22.5 Å². The van der Waals surface area contributed by atoms with Crippen LogP contribution in [-0.2, 0) is 11.3 Å². The molecule has 1 aliphatic carbocycles. The van der Waals surface area contributed by atoms with Crippen molar-refractivity contribution in [1.82, 2.24) is 15.5 Å². The van der Waals surface area contributed by atoms with Gasteiger partial charge in [-0.15, -0.1) is 11.3 Å². The maximum atomic E-state index is 11.8. The molecule has 5 nitrogen and oxygen atoms in total. The van der Waals surface area contributed by atoms with Gasteiger partial charge in [-0.1, -0.05) is 25.8 Å². The molecule has 128 valence electrons. The van der Waals surface area contributed by atoms with Gasteiger partial charge in [0, 0.05) is 25.0 Å². The first-order chi connectivity index (χ1) is 11.0. The van der Waals surface area contributed by atoms with Crippen LogP contribution in [0, 0.1) is 5.92 Å². The zero-order valence-electron chi connectivity index (χ0n) is 14.3. The topological polar surface area (TPSA) is 56.7 Å². The predicted octanol–water partition coefficient (Wildman–Crippen LogP) is 2.45. The first-order valence-electron chi connectivity index (χ1n) is 8.32. The van der Waals surface area contributed by atoms with Gasteiger partial charge in [0.05, 0.1) is 6.54 Å². The molecule has 23 heavy (non-hydrogen) atoms. The van der Waals surface area contributed by atoms with Crippen LogP contribution in [-0.4, -0.2) is 43.4 Å². The van der Waals surface area contributed by atoms with Gasteiger partial charge in [-0.3, -0.25) is 4.79 Å². The van der Waals surface area contributed by atoms with Gasteiger partial charge in [0.1, 0.15) is 6.54 Å². The zero-order valence-corrected chi connectivity index (χ0v) is 15.2. The lowest BCUT2D eigenvalue weighted by molar-refractivity contribution is -0.127. The van der Waals surface area contributed by atoms with Crippen molar-refractivity contribution in [1.29, 1.82) is 0 Å². The van der Waals surface area contributed by atoms with Crippen LogP contribution in [0.4, 0.5) is 0 Å². The number of nitrogens with zero attached hydrogens (tertiary/aromatic N) is 2. The van der Waals surface area contributed by atoms with Crippen LogP contribution in [0.1, 0.15) is 37.5 Å². The van der Waals surface area contributed by atoms with Gasteiger partial charge in [-0.05, 0) is 30.2 Å². The minimum atomic E-state index is 0.0132. The second-order valence-corrected chi connectivity index (χ2v) is 7.53. The smallest absolute Gasteiger partial charge is 0.243 e. The number of likely N-dealkylation sites (N-methyl/N-ethyl adjacent to an activating group) is 1. The Labute approximate surface area is 143 Å². The molecule has 0 aromatic carbocycles. The average molecular weight is 337 g/mol. The van der Waals surface area contributed by atoms with Crippen LogP contribution in [0.3, 0.4) is 0 Å².